The normalized spacial score (nSPS) is 12.7. The van der Waals surface area contributed by atoms with Crippen LogP contribution in [0, 0.1) is 11.7 Å². The molecular weight excluding hydrogens is 561 g/mol. The van der Waals surface area contributed by atoms with E-state index in [0.717, 1.165) is 4.68 Å². The van der Waals surface area contributed by atoms with Gasteiger partial charge in [-0.05, 0) is 52.6 Å². The zero-order valence-electron chi connectivity index (χ0n) is 22.7. The first-order valence-electron chi connectivity index (χ1n) is 12.6. The van der Waals surface area contributed by atoms with Crippen LogP contribution in [0.25, 0.3) is 11.1 Å². The second-order valence-corrected chi connectivity index (χ2v) is 9.71. The molecule has 2 unspecified atom stereocenters. The number of hydrogen-bond donors (Lipinski definition) is 3. The summed E-state index contributed by atoms with van der Waals surface area (Å²) in [6.07, 6.45) is -1.59. The fourth-order valence-corrected chi connectivity index (χ4v) is 3.71. The van der Waals surface area contributed by atoms with Crippen LogP contribution in [0.15, 0.2) is 42.5 Å². The number of hydrazine groups is 1. The number of aromatic nitrogens is 4. The predicted molar refractivity (Wildman–Crippen MR) is 144 cm³/mol. The molecule has 0 aliphatic carbocycles. The number of ether oxygens (including phenoxy) is 2. The van der Waals surface area contributed by atoms with Gasteiger partial charge in [-0.15, -0.1) is 5.10 Å². The molecule has 3 rings (SSSR count). The van der Waals surface area contributed by atoms with Crippen LogP contribution in [-0.2, 0) is 32.3 Å². The van der Waals surface area contributed by atoms with Crippen LogP contribution >= 0.6 is 11.6 Å². The van der Waals surface area contributed by atoms with Crippen molar-refractivity contribution in [3.63, 3.8) is 0 Å². The van der Waals surface area contributed by atoms with Gasteiger partial charge in [-0.3, -0.25) is 15.0 Å². The number of aliphatic hydroxyl groups is 1. The van der Waals surface area contributed by atoms with E-state index >= 15 is 0 Å². The molecule has 13 nitrogen and oxygen atoms in total. The highest BCUT2D eigenvalue weighted by molar-refractivity contribution is 6.30. The molecule has 1 heterocycles. The van der Waals surface area contributed by atoms with Gasteiger partial charge in [0.25, 0.3) is 0 Å². The van der Waals surface area contributed by atoms with E-state index in [-0.39, 0.29) is 31.4 Å². The zero-order chi connectivity index (χ0) is 30.1. The first kappa shape index (κ1) is 31.5. The van der Waals surface area contributed by atoms with Crippen molar-refractivity contribution in [2.75, 3.05) is 13.2 Å². The average molecular weight is 592 g/mol. The number of esters is 2. The first-order chi connectivity index (χ1) is 19.5. The van der Waals surface area contributed by atoms with Crippen LogP contribution in [0.5, 0.6) is 0 Å². The summed E-state index contributed by atoms with van der Waals surface area (Å²) in [5.74, 6) is -3.30. The van der Waals surface area contributed by atoms with Crippen LogP contribution < -0.4 is 11.2 Å². The van der Waals surface area contributed by atoms with Gasteiger partial charge in [0.2, 0.25) is 5.82 Å². The van der Waals surface area contributed by atoms with E-state index in [1.165, 1.54) is 23.2 Å². The predicted octanol–water partition coefficient (Wildman–Crippen LogP) is 1.69. The maximum Gasteiger partial charge on any atom is 0.336 e. The third-order valence-electron chi connectivity index (χ3n) is 5.83. The Hall–Kier alpha value is -3.98. The van der Waals surface area contributed by atoms with E-state index < -0.39 is 42.5 Å². The lowest BCUT2D eigenvalue weighted by molar-refractivity contribution is -0.154. The van der Waals surface area contributed by atoms with Crippen LogP contribution in [-0.4, -0.2) is 73.5 Å². The molecule has 2 atom stereocenters. The number of carbonyl (C=O) groups excluding carboxylic acids is 3. The summed E-state index contributed by atoms with van der Waals surface area (Å²) in [5.41, 5.74) is 9.85. The van der Waals surface area contributed by atoms with Gasteiger partial charge in [0.05, 0.1) is 13.2 Å². The lowest BCUT2D eigenvalue weighted by atomic mass is 10.0. The van der Waals surface area contributed by atoms with Crippen molar-refractivity contribution in [1.29, 1.82) is 0 Å². The molecular formula is C26H31ClFN7O6. The summed E-state index contributed by atoms with van der Waals surface area (Å²) in [7, 11) is 0. The Morgan fingerprint density at radius 3 is 2.51 bits per heavy atom. The SMILES string of the molecule is CCOC(=O)C(O)CN(Cc1ccc(-c2cc(Cl)ccc2F)cc1)NC(=O)c1nnnn1COC(=O)C(N)C(C)C. The minimum atomic E-state index is -1.59. The summed E-state index contributed by atoms with van der Waals surface area (Å²) in [6.45, 7) is 4.35. The maximum atomic E-state index is 14.3. The minimum Gasteiger partial charge on any atom is -0.464 e. The largest absolute Gasteiger partial charge is 0.464 e. The van der Waals surface area contributed by atoms with Crippen LogP contribution in [0.1, 0.15) is 37.0 Å². The van der Waals surface area contributed by atoms with Crippen LogP contribution in [0.3, 0.4) is 0 Å². The van der Waals surface area contributed by atoms with Crippen LogP contribution in [0.4, 0.5) is 4.39 Å². The Labute approximate surface area is 240 Å². The summed E-state index contributed by atoms with van der Waals surface area (Å²) >= 11 is 6.01. The number of nitrogens with one attached hydrogen (secondary N) is 1. The van der Waals surface area contributed by atoms with Crippen molar-refractivity contribution in [3.8, 4) is 11.1 Å². The second-order valence-electron chi connectivity index (χ2n) is 9.27. The third-order valence-corrected chi connectivity index (χ3v) is 6.07. The number of hydrogen-bond acceptors (Lipinski definition) is 11. The monoisotopic (exact) mass is 591 g/mol. The molecule has 3 aromatic rings. The molecule has 4 N–H and O–H groups in total. The van der Waals surface area contributed by atoms with Gasteiger partial charge in [-0.2, -0.15) is 4.68 Å². The molecule has 0 saturated heterocycles. The molecule has 0 radical (unpaired) electrons. The van der Waals surface area contributed by atoms with E-state index in [0.29, 0.717) is 21.7 Å². The molecule has 2 aromatic carbocycles. The van der Waals surface area contributed by atoms with Gasteiger partial charge in [-0.1, -0.05) is 49.7 Å². The minimum absolute atomic E-state index is 0.0142. The number of tetrazole rings is 1. The Balaban J connectivity index is 1.76. The van der Waals surface area contributed by atoms with Gasteiger partial charge in [0.15, 0.2) is 12.8 Å². The lowest BCUT2D eigenvalue weighted by Gasteiger charge is -2.25. The van der Waals surface area contributed by atoms with E-state index in [4.69, 9.17) is 26.8 Å². The van der Waals surface area contributed by atoms with Crippen molar-refractivity contribution in [1.82, 2.24) is 30.6 Å². The molecule has 41 heavy (non-hydrogen) atoms. The molecule has 1 amide bonds. The summed E-state index contributed by atoms with van der Waals surface area (Å²) in [5, 5.41) is 22.8. The highest BCUT2D eigenvalue weighted by atomic mass is 35.5. The topological polar surface area (TPSA) is 175 Å². The van der Waals surface area contributed by atoms with E-state index in [9.17, 15) is 23.9 Å². The molecule has 220 valence electrons. The van der Waals surface area contributed by atoms with Gasteiger partial charge < -0.3 is 20.3 Å². The summed E-state index contributed by atoms with van der Waals surface area (Å²) in [4.78, 5) is 37.2. The number of nitrogens with two attached hydrogens (primary N) is 1. The molecule has 0 bridgehead atoms. The van der Waals surface area contributed by atoms with Gasteiger partial charge in [0.1, 0.15) is 11.9 Å². The number of benzene rings is 2. The smallest absolute Gasteiger partial charge is 0.336 e. The molecule has 1 aromatic heterocycles. The molecule has 0 aliphatic heterocycles. The number of rotatable bonds is 13. The Bertz CT molecular complexity index is 1350. The number of aliphatic hydroxyl groups excluding tert-OH is 1. The highest BCUT2D eigenvalue weighted by Crippen LogP contribution is 2.26. The summed E-state index contributed by atoms with van der Waals surface area (Å²) in [6, 6.07) is 10.1. The number of halogens is 2. The zero-order valence-corrected chi connectivity index (χ0v) is 23.4. The fourth-order valence-electron chi connectivity index (χ4n) is 3.54. The number of nitrogens with zero attached hydrogens (tertiary/aromatic N) is 5. The number of amides is 1. The lowest BCUT2D eigenvalue weighted by Crippen LogP contribution is -2.48. The molecule has 0 fully saturated rings. The van der Waals surface area contributed by atoms with Crippen molar-refractivity contribution < 1.29 is 33.4 Å². The standard InChI is InChI=1S/C26H31ClFN7O6/c1-4-40-25(38)21(36)13-34(12-16-5-7-17(8-6-16)19-11-18(27)9-10-20(19)28)31-24(37)23-30-32-33-35(23)14-41-26(39)22(29)15(2)3/h5-11,15,21-22,36H,4,12-14,29H2,1-3H3,(H,31,37). The molecule has 0 saturated carbocycles. The molecule has 0 aliphatic rings. The molecule has 15 heteroatoms. The highest BCUT2D eigenvalue weighted by Gasteiger charge is 2.25. The van der Waals surface area contributed by atoms with E-state index in [2.05, 4.69) is 21.0 Å². The maximum absolute atomic E-state index is 14.3. The van der Waals surface area contributed by atoms with Gasteiger partial charge in [-0.25, -0.2) is 14.2 Å². The first-order valence-corrected chi connectivity index (χ1v) is 13.0. The fraction of sp³-hybridized carbons (Fsp3) is 0.385. The van der Waals surface area contributed by atoms with E-state index in [1.807, 2.05) is 0 Å². The van der Waals surface area contributed by atoms with Gasteiger partial charge in [0, 0.05) is 17.1 Å². The average Bonchev–Trinajstić information content (AvgIpc) is 3.42. The van der Waals surface area contributed by atoms with Crippen molar-refractivity contribution >= 4 is 29.4 Å². The quantitative estimate of drug-likeness (QED) is 0.195. The van der Waals surface area contributed by atoms with E-state index in [1.54, 1.807) is 45.0 Å². The third kappa shape index (κ3) is 8.75. The van der Waals surface area contributed by atoms with Gasteiger partial charge >= 0.3 is 17.8 Å². The number of carbonyl (C=O) groups is 3. The Kier molecular flexibility index (Phi) is 11.2. The summed E-state index contributed by atoms with van der Waals surface area (Å²) < 4.78 is 25.2. The van der Waals surface area contributed by atoms with Crippen LogP contribution in [0.2, 0.25) is 5.02 Å². The second kappa shape index (κ2) is 14.6. The van der Waals surface area contributed by atoms with Crippen molar-refractivity contribution in [2.24, 2.45) is 11.7 Å². The molecule has 0 spiro atoms. The van der Waals surface area contributed by atoms with Crippen molar-refractivity contribution in [3.05, 3.63) is 64.7 Å². The Morgan fingerprint density at radius 2 is 1.85 bits per heavy atom. The van der Waals surface area contributed by atoms with Crippen molar-refractivity contribution in [2.45, 2.75) is 46.2 Å². The Morgan fingerprint density at radius 1 is 1.15 bits per heavy atom.